The summed E-state index contributed by atoms with van der Waals surface area (Å²) in [6.45, 7) is 0. The first-order chi connectivity index (χ1) is 2.24. The minimum atomic E-state index is -7.05. The van der Waals surface area contributed by atoms with Crippen molar-refractivity contribution in [2.75, 3.05) is 0 Å². The molecule has 3 nitrogen and oxygen atoms in total. The van der Waals surface area contributed by atoms with Gasteiger partial charge in [0.05, 0.1) is 0 Å². The van der Waals surface area contributed by atoms with E-state index < -0.39 is 7.91 Å². The summed E-state index contributed by atoms with van der Waals surface area (Å²) in [5.41, 5.74) is 0. The molecule has 0 aromatic carbocycles. The SMILES string of the molecule is OP(O)(O)(F)F.[LiH]. The van der Waals surface area contributed by atoms with Gasteiger partial charge in [-0.15, -0.1) is 0 Å². The van der Waals surface area contributed by atoms with Gasteiger partial charge in [-0.05, 0) is 0 Å². The Bertz CT molecular complexity index is 46.1. The Labute approximate surface area is 50.6 Å². The molecule has 0 aliphatic carbocycles. The van der Waals surface area contributed by atoms with Gasteiger partial charge in [-0.2, -0.15) is 0 Å². The second-order valence-corrected chi connectivity index (χ2v) is 2.36. The minimum absolute atomic E-state index is 0. The van der Waals surface area contributed by atoms with Crippen LogP contribution in [0, 0.1) is 0 Å². The van der Waals surface area contributed by atoms with Crippen molar-refractivity contribution in [1.82, 2.24) is 0 Å². The van der Waals surface area contributed by atoms with Crippen molar-refractivity contribution in [2.24, 2.45) is 0 Å². The van der Waals surface area contributed by atoms with Crippen LogP contribution in [0.15, 0.2) is 0 Å². The van der Waals surface area contributed by atoms with E-state index in [0.29, 0.717) is 0 Å². The molecule has 0 saturated carbocycles. The molecule has 0 heterocycles. The summed E-state index contributed by atoms with van der Waals surface area (Å²) < 4.78 is 21.0. The van der Waals surface area contributed by atoms with E-state index in [1.165, 1.54) is 0 Å². The Kier molecular flexibility index (Phi) is 2.97. The average Bonchev–Trinajstić information content (AvgIpc) is 0.650. The number of hydrogen-bond acceptors (Lipinski definition) is 3. The van der Waals surface area contributed by atoms with Crippen molar-refractivity contribution in [3.63, 3.8) is 0 Å². The van der Waals surface area contributed by atoms with Crippen molar-refractivity contribution < 1.29 is 23.1 Å². The monoisotopic (exact) mass is 128 g/mol. The van der Waals surface area contributed by atoms with Gasteiger partial charge in [0.1, 0.15) is 0 Å². The Morgan fingerprint density at radius 1 is 1.00 bits per heavy atom. The van der Waals surface area contributed by atoms with Crippen LogP contribution in [0.1, 0.15) is 0 Å². The van der Waals surface area contributed by atoms with Gasteiger partial charge in [-0.3, -0.25) is 0 Å². The number of halogens is 2. The molecule has 0 unspecified atom stereocenters. The molecule has 0 radical (unpaired) electrons. The van der Waals surface area contributed by atoms with Gasteiger partial charge in [0.25, 0.3) is 0 Å². The molecule has 0 rings (SSSR count). The van der Waals surface area contributed by atoms with Crippen LogP contribution in [-0.4, -0.2) is 33.5 Å². The quantitative estimate of drug-likeness (QED) is 0.301. The van der Waals surface area contributed by atoms with Crippen LogP contribution < -0.4 is 0 Å². The third-order valence-corrected chi connectivity index (χ3v) is 0. The normalized spacial score (nSPS) is 16.4. The molecule has 0 bridgehead atoms. The van der Waals surface area contributed by atoms with Crippen LogP contribution in [0.5, 0.6) is 0 Å². The Hall–Kier alpha value is 0.767. The molecule has 0 spiro atoms. The van der Waals surface area contributed by atoms with Gasteiger partial charge in [-0.1, -0.05) is 0 Å². The first-order valence-electron chi connectivity index (χ1n) is 0.938. The second-order valence-electron chi connectivity index (χ2n) is 0.786. The summed E-state index contributed by atoms with van der Waals surface area (Å²) in [4.78, 5) is 20.7. The maximum absolute atomic E-state index is 10.5. The van der Waals surface area contributed by atoms with Gasteiger partial charge in [0.15, 0.2) is 0 Å². The fourth-order valence-electron chi connectivity index (χ4n) is 0. The molecular formula is H4F2LiO3P. The van der Waals surface area contributed by atoms with E-state index in [1.807, 2.05) is 0 Å². The number of hydrogen-bond donors (Lipinski definition) is 3. The van der Waals surface area contributed by atoms with Crippen LogP contribution in [0.25, 0.3) is 0 Å². The fraction of sp³-hybridized carbons (Fsp3) is 0. The van der Waals surface area contributed by atoms with Crippen molar-refractivity contribution in [2.45, 2.75) is 0 Å². The van der Waals surface area contributed by atoms with Gasteiger partial charge in [-0.25, -0.2) is 0 Å². The first-order valence-corrected chi connectivity index (χ1v) is 2.81. The molecule has 0 aromatic rings. The van der Waals surface area contributed by atoms with E-state index in [0.717, 1.165) is 0 Å². The molecule has 3 N–H and O–H groups in total. The van der Waals surface area contributed by atoms with Crippen LogP contribution in [-0.2, 0) is 0 Å². The molecule has 0 saturated heterocycles. The molecule has 0 aliphatic heterocycles. The summed E-state index contributed by atoms with van der Waals surface area (Å²) in [5.74, 6) is 0. The number of rotatable bonds is 0. The van der Waals surface area contributed by atoms with Gasteiger partial charge < -0.3 is 0 Å². The third-order valence-electron chi connectivity index (χ3n) is 0. The van der Waals surface area contributed by atoms with Crippen LogP contribution in [0.3, 0.4) is 0 Å². The van der Waals surface area contributed by atoms with E-state index in [1.54, 1.807) is 0 Å². The Morgan fingerprint density at radius 3 is 1.00 bits per heavy atom. The molecule has 42 valence electrons. The standard InChI is InChI=1S/F2H3O3P.Li.H/c1-6(2,3,4)5;;/h3-5H;;. The van der Waals surface area contributed by atoms with Crippen LogP contribution in [0.2, 0.25) is 0 Å². The van der Waals surface area contributed by atoms with E-state index in [2.05, 4.69) is 0 Å². The van der Waals surface area contributed by atoms with E-state index in [-0.39, 0.29) is 18.9 Å². The molecule has 0 aromatic heterocycles. The fourth-order valence-corrected chi connectivity index (χ4v) is 0. The van der Waals surface area contributed by atoms with Crippen molar-refractivity contribution in [3.05, 3.63) is 0 Å². The summed E-state index contributed by atoms with van der Waals surface area (Å²) in [7, 11) is -7.05. The van der Waals surface area contributed by atoms with E-state index in [9.17, 15) is 8.39 Å². The Balaban J connectivity index is 0. The van der Waals surface area contributed by atoms with Gasteiger partial charge >= 0.3 is 49.8 Å². The van der Waals surface area contributed by atoms with Crippen molar-refractivity contribution >= 4 is 26.8 Å². The zero-order chi connectivity index (χ0) is 5.45. The van der Waals surface area contributed by atoms with Crippen molar-refractivity contribution in [1.29, 1.82) is 0 Å². The van der Waals surface area contributed by atoms with Crippen LogP contribution in [0.4, 0.5) is 8.39 Å². The third kappa shape index (κ3) is 261. The summed E-state index contributed by atoms with van der Waals surface area (Å²) >= 11 is 0. The van der Waals surface area contributed by atoms with Gasteiger partial charge in [0, 0.05) is 0 Å². The molecule has 0 aliphatic rings. The van der Waals surface area contributed by atoms with E-state index >= 15 is 0 Å². The molecule has 0 fully saturated rings. The molecule has 0 amide bonds. The first kappa shape index (κ1) is 10.7. The predicted molar refractivity (Wildman–Crippen MR) is 22.9 cm³/mol. The predicted octanol–water partition coefficient (Wildman–Crippen LogP) is -0.618. The summed E-state index contributed by atoms with van der Waals surface area (Å²) in [6.07, 6.45) is 0. The second kappa shape index (κ2) is 1.94. The zero-order valence-corrected chi connectivity index (χ0v) is 3.44. The Morgan fingerprint density at radius 2 is 1.00 bits per heavy atom. The zero-order valence-electron chi connectivity index (χ0n) is 2.54. The average molecular weight is 128 g/mol. The molecule has 7 heteroatoms. The molecule has 7 heavy (non-hydrogen) atoms. The molecular weight excluding hydrogens is 124 g/mol. The van der Waals surface area contributed by atoms with Crippen molar-refractivity contribution in [3.8, 4) is 0 Å². The van der Waals surface area contributed by atoms with E-state index in [4.69, 9.17) is 14.7 Å². The summed E-state index contributed by atoms with van der Waals surface area (Å²) in [6, 6.07) is 0. The van der Waals surface area contributed by atoms with Crippen LogP contribution >= 0.6 is 7.91 Å². The topological polar surface area (TPSA) is 60.7 Å². The summed E-state index contributed by atoms with van der Waals surface area (Å²) in [5, 5.41) is 0. The van der Waals surface area contributed by atoms with Gasteiger partial charge in [0.2, 0.25) is 0 Å². The molecule has 0 atom stereocenters. The maximum atomic E-state index is 10.5.